The molecule has 1 heterocycles. The van der Waals surface area contributed by atoms with E-state index in [-0.39, 0.29) is 0 Å². The first kappa shape index (κ1) is 7.92. The summed E-state index contributed by atoms with van der Waals surface area (Å²) in [6.07, 6.45) is 0.324. The second-order valence-corrected chi connectivity index (χ2v) is 1.47. The maximum absolute atomic E-state index is 4.93. The first-order chi connectivity index (χ1) is 3.89. The molecule has 1 atom stereocenters. The van der Waals surface area contributed by atoms with Crippen molar-refractivity contribution in [2.45, 2.75) is 26.9 Å². The molecule has 1 fully saturated rings. The van der Waals surface area contributed by atoms with Gasteiger partial charge in [-0.05, 0) is 6.92 Å². The first-order valence-electron chi connectivity index (χ1n) is 3.09. The van der Waals surface area contributed by atoms with Crippen molar-refractivity contribution < 1.29 is 9.47 Å². The molecule has 0 aromatic carbocycles. The van der Waals surface area contributed by atoms with Gasteiger partial charge in [-0.2, -0.15) is 0 Å². The normalized spacial score (nSPS) is 26.6. The van der Waals surface area contributed by atoms with E-state index >= 15 is 0 Å². The Labute approximate surface area is 50.8 Å². The predicted octanol–water partition coefficient (Wildman–Crippen LogP) is 1.41. The Balaban J connectivity index is 0.000000222. The number of hydrogen-bond donors (Lipinski definition) is 0. The van der Waals surface area contributed by atoms with Crippen LogP contribution in [0.2, 0.25) is 0 Å². The van der Waals surface area contributed by atoms with Gasteiger partial charge in [-0.25, -0.2) is 0 Å². The molecule has 0 spiro atoms. The van der Waals surface area contributed by atoms with Crippen LogP contribution in [0.25, 0.3) is 0 Å². The number of hydrogen-bond acceptors (Lipinski definition) is 2. The Kier molecular flexibility index (Phi) is 5.01. The van der Waals surface area contributed by atoms with Crippen LogP contribution in [0.5, 0.6) is 0 Å². The van der Waals surface area contributed by atoms with Gasteiger partial charge >= 0.3 is 0 Å². The summed E-state index contributed by atoms with van der Waals surface area (Å²) in [6, 6.07) is 0. The van der Waals surface area contributed by atoms with Crippen molar-refractivity contribution in [2.75, 3.05) is 13.4 Å². The van der Waals surface area contributed by atoms with Crippen LogP contribution in [-0.4, -0.2) is 19.5 Å². The van der Waals surface area contributed by atoms with E-state index in [2.05, 4.69) is 0 Å². The third kappa shape index (κ3) is 2.99. The Morgan fingerprint density at radius 3 is 2.12 bits per heavy atom. The summed E-state index contributed by atoms with van der Waals surface area (Å²) in [5, 5.41) is 0. The van der Waals surface area contributed by atoms with Gasteiger partial charge in [-0.3, -0.25) is 0 Å². The third-order valence-electron chi connectivity index (χ3n) is 0.788. The molecule has 2 nitrogen and oxygen atoms in total. The van der Waals surface area contributed by atoms with Gasteiger partial charge in [0.1, 0.15) is 6.79 Å². The molecule has 1 aliphatic heterocycles. The first-order valence-corrected chi connectivity index (χ1v) is 3.09. The van der Waals surface area contributed by atoms with Crippen LogP contribution in [0, 0.1) is 0 Å². The lowest BCUT2D eigenvalue weighted by molar-refractivity contribution is 0.0514. The summed E-state index contributed by atoms with van der Waals surface area (Å²) in [6.45, 7) is 7.24. The van der Waals surface area contributed by atoms with Gasteiger partial charge in [-0.15, -0.1) is 0 Å². The zero-order valence-electron chi connectivity index (χ0n) is 5.81. The molecule has 0 aromatic rings. The van der Waals surface area contributed by atoms with Gasteiger partial charge in [0.15, 0.2) is 0 Å². The van der Waals surface area contributed by atoms with E-state index in [1.807, 2.05) is 20.8 Å². The average Bonchev–Trinajstić information content (AvgIpc) is 2.24. The molecule has 1 rings (SSSR count). The van der Waals surface area contributed by atoms with Crippen molar-refractivity contribution in [3.05, 3.63) is 0 Å². The van der Waals surface area contributed by atoms with Crippen LogP contribution in [0.1, 0.15) is 20.8 Å². The molecule has 0 bridgehead atoms. The Hall–Kier alpha value is -0.0800. The number of ether oxygens (including phenoxy) is 2. The summed E-state index contributed by atoms with van der Waals surface area (Å²) < 4.78 is 9.77. The number of rotatable bonds is 0. The van der Waals surface area contributed by atoms with Crippen molar-refractivity contribution in [1.82, 2.24) is 0 Å². The van der Waals surface area contributed by atoms with Gasteiger partial charge < -0.3 is 9.47 Å². The minimum absolute atomic E-state index is 0.324. The molecule has 8 heavy (non-hydrogen) atoms. The Morgan fingerprint density at radius 1 is 1.38 bits per heavy atom. The zero-order chi connectivity index (χ0) is 6.41. The van der Waals surface area contributed by atoms with Gasteiger partial charge in [0.2, 0.25) is 0 Å². The summed E-state index contributed by atoms with van der Waals surface area (Å²) >= 11 is 0. The molecule has 0 radical (unpaired) electrons. The maximum atomic E-state index is 4.93. The van der Waals surface area contributed by atoms with E-state index < -0.39 is 0 Å². The van der Waals surface area contributed by atoms with E-state index in [4.69, 9.17) is 9.47 Å². The highest BCUT2D eigenvalue weighted by molar-refractivity contribution is 4.47. The quantitative estimate of drug-likeness (QED) is 0.478. The van der Waals surface area contributed by atoms with Crippen LogP contribution in [0.15, 0.2) is 0 Å². The van der Waals surface area contributed by atoms with Crippen molar-refractivity contribution in [3.63, 3.8) is 0 Å². The van der Waals surface area contributed by atoms with E-state index in [0.717, 1.165) is 6.61 Å². The molecule has 0 amide bonds. The van der Waals surface area contributed by atoms with Gasteiger partial charge in [0.05, 0.1) is 12.7 Å². The highest BCUT2D eigenvalue weighted by atomic mass is 16.7. The van der Waals surface area contributed by atoms with Crippen molar-refractivity contribution in [3.8, 4) is 0 Å². The highest BCUT2D eigenvalue weighted by Crippen LogP contribution is 1.98. The smallest absolute Gasteiger partial charge is 0.147 e. The van der Waals surface area contributed by atoms with Gasteiger partial charge in [0.25, 0.3) is 0 Å². The molecular weight excluding hydrogens is 104 g/mol. The Morgan fingerprint density at radius 2 is 2.00 bits per heavy atom. The van der Waals surface area contributed by atoms with Crippen LogP contribution >= 0.6 is 0 Å². The fourth-order valence-corrected chi connectivity index (χ4v) is 0.426. The minimum Gasteiger partial charge on any atom is -0.353 e. The summed E-state index contributed by atoms with van der Waals surface area (Å²) in [7, 11) is 0. The summed E-state index contributed by atoms with van der Waals surface area (Å²) in [5.74, 6) is 0. The van der Waals surface area contributed by atoms with E-state index in [1.165, 1.54) is 0 Å². The van der Waals surface area contributed by atoms with Crippen LogP contribution in [-0.2, 0) is 9.47 Å². The van der Waals surface area contributed by atoms with Crippen molar-refractivity contribution in [1.29, 1.82) is 0 Å². The molecule has 50 valence electrons. The lowest BCUT2D eigenvalue weighted by atomic mass is 10.5. The second kappa shape index (κ2) is 5.06. The molecule has 0 N–H and O–H groups in total. The summed E-state index contributed by atoms with van der Waals surface area (Å²) in [5.41, 5.74) is 0. The van der Waals surface area contributed by atoms with Crippen LogP contribution in [0.3, 0.4) is 0 Å². The molecule has 2 heteroatoms. The lowest BCUT2D eigenvalue weighted by Gasteiger charge is -1.90. The molecule has 0 saturated carbocycles. The summed E-state index contributed by atoms with van der Waals surface area (Å²) in [4.78, 5) is 0. The predicted molar refractivity (Wildman–Crippen MR) is 32.7 cm³/mol. The van der Waals surface area contributed by atoms with Crippen LogP contribution in [0.4, 0.5) is 0 Å². The molecule has 1 unspecified atom stereocenters. The van der Waals surface area contributed by atoms with Crippen LogP contribution < -0.4 is 0 Å². The van der Waals surface area contributed by atoms with Crippen molar-refractivity contribution in [2.24, 2.45) is 0 Å². The van der Waals surface area contributed by atoms with Crippen molar-refractivity contribution >= 4 is 0 Å². The fraction of sp³-hybridized carbons (Fsp3) is 1.00. The lowest BCUT2D eigenvalue weighted by Crippen LogP contribution is -2.00. The molecule has 1 saturated heterocycles. The molecule has 0 aliphatic carbocycles. The van der Waals surface area contributed by atoms with Gasteiger partial charge in [-0.1, -0.05) is 13.8 Å². The van der Waals surface area contributed by atoms with E-state index in [9.17, 15) is 0 Å². The molecule has 1 aliphatic rings. The maximum Gasteiger partial charge on any atom is 0.147 e. The monoisotopic (exact) mass is 118 g/mol. The largest absolute Gasteiger partial charge is 0.353 e. The average molecular weight is 118 g/mol. The molecular formula is C6H14O2. The van der Waals surface area contributed by atoms with Gasteiger partial charge in [0, 0.05) is 0 Å². The Bertz CT molecular complexity index is 39.8. The zero-order valence-corrected chi connectivity index (χ0v) is 5.81. The highest BCUT2D eigenvalue weighted by Gasteiger charge is 2.07. The third-order valence-corrected chi connectivity index (χ3v) is 0.788. The standard InChI is InChI=1S/C4H8O2.C2H6/c1-4-2-5-3-6-4;1-2/h4H,2-3H2,1H3;1-2H3. The second-order valence-electron chi connectivity index (χ2n) is 1.47. The molecule has 0 aromatic heterocycles. The van der Waals surface area contributed by atoms with E-state index in [1.54, 1.807) is 0 Å². The van der Waals surface area contributed by atoms with E-state index in [0.29, 0.717) is 12.9 Å². The SMILES string of the molecule is CC.CC1COCO1. The topological polar surface area (TPSA) is 18.5 Å². The minimum atomic E-state index is 0.324. The fourth-order valence-electron chi connectivity index (χ4n) is 0.426.